The van der Waals surface area contributed by atoms with Gasteiger partial charge in [-0.25, -0.2) is 19.3 Å². The molecule has 2 aromatic carbocycles. The third kappa shape index (κ3) is 3.10. The molecule has 0 saturated heterocycles. The molecule has 0 radical (unpaired) electrons. The highest BCUT2D eigenvalue weighted by molar-refractivity contribution is 7.16. The van der Waals surface area contributed by atoms with E-state index in [-0.39, 0.29) is 5.82 Å². The van der Waals surface area contributed by atoms with Crippen molar-refractivity contribution >= 4 is 38.4 Å². The molecule has 3 aromatic heterocycles. The van der Waals surface area contributed by atoms with E-state index in [4.69, 9.17) is 0 Å². The SMILES string of the molecule is Fc1ccc(-c2nc(NCCc3c[nH]c4ccccc34)c3ncsc3n2)cc1. The third-order valence-electron chi connectivity index (χ3n) is 4.66. The summed E-state index contributed by atoms with van der Waals surface area (Å²) < 4.78 is 13.2. The number of nitrogens with zero attached hydrogens (tertiary/aromatic N) is 3. The predicted molar refractivity (Wildman–Crippen MR) is 111 cm³/mol. The molecule has 7 heteroatoms. The monoisotopic (exact) mass is 389 g/mol. The first-order valence-corrected chi connectivity index (χ1v) is 9.82. The van der Waals surface area contributed by atoms with E-state index in [0.717, 1.165) is 27.8 Å². The second kappa shape index (κ2) is 7.01. The zero-order valence-electron chi connectivity index (χ0n) is 14.8. The second-order valence-electron chi connectivity index (χ2n) is 6.45. The summed E-state index contributed by atoms with van der Waals surface area (Å²) in [6, 6.07) is 14.5. The van der Waals surface area contributed by atoms with E-state index in [1.807, 2.05) is 12.1 Å². The molecule has 0 spiro atoms. The maximum absolute atomic E-state index is 13.2. The second-order valence-corrected chi connectivity index (χ2v) is 7.28. The highest BCUT2D eigenvalue weighted by atomic mass is 32.1. The Morgan fingerprint density at radius 1 is 1.04 bits per heavy atom. The Morgan fingerprint density at radius 3 is 2.79 bits per heavy atom. The van der Waals surface area contributed by atoms with Gasteiger partial charge in [0.25, 0.3) is 0 Å². The molecule has 0 saturated carbocycles. The molecule has 28 heavy (non-hydrogen) atoms. The molecule has 0 bridgehead atoms. The third-order valence-corrected chi connectivity index (χ3v) is 5.38. The molecule has 5 rings (SSSR count). The van der Waals surface area contributed by atoms with Crippen LogP contribution in [0.15, 0.2) is 60.2 Å². The summed E-state index contributed by atoms with van der Waals surface area (Å²) in [7, 11) is 0. The standard InChI is InChI=1S/C21H16FN5S/c22-15-7-5-13(6-8-15)19-26-20(18-21(27-19)28-12-25-18)23-10-9-14-11-24-17-4-2-1-3-16(14)17/h1-8,11-12,24H,9-10H2,(H,23,26,27). The van der Waals surface area contributed by atoms with Crippen molar-refractivity contribution in [2.24, 2.45) is 0 Å². The van der Waals surface area contributed by atoms with Crippen molar-refractivity contribution in [1.29, 1.82) is 0 Å². The summed E-state index contributed by atoms with van der Waals surface area (Å²) in [5.74, 6) is 0.983. The van der Waals surface area contributed by atoms with Gasteiger partial charge in [0.1, 0.15) is 16.2 Å². The number of halogens is 1. The molecule has 138 valence electrons. The van der Waals surface area contributed by atoms with Gasteiger partial charge >= 0.3 is 0 Å². The molecule has 0 atom stereocenters. The Morgan fingerprint density at radius 2 is 1.89 bits per heavy atom. The molecule has 0 aliphatic carbocycles. The van der Waals surface area contributed by atoms with E-state index in [0.29, 0.717) is 18.2 Å². The van der Waals surface area contributed by atoms with Gasteiger partial charge in [0.05, 0.1) is 5.51 Å². The van der Waals surface area contributed by atoms with E-state index >= 15 is 0 Å². The topological polar surface area (TPSA) is 66.5 Å². The lowest BCUT2D eigenvalue weighted by molar-refractivity contribution is 0.628. The van der Waals surface area contributed by atoms with E-state index in [9.17, 15) is 4.39 Å². The number of nitrogens with one attached hydrogen (secondary N) is 2. The largest absolute Gasteiger partial charge is 0.368 e. The fourth-order valence-corrected chi connectivity index (χ4v) is 3.93. The van der Waals surface area contributed by atoms with Gasteiger partial charge in [0.15, 0.2) is 11.6 Å². The van der Waals surface area contributed by atoms with Crippen LogP contribution in [0.25, 0.3) is 32.6 Å². The van der Waals surface area contributed by atoms with Crippen LogP contribution in [0.5, 0.6) is 0 Å². The van der Waals surface area contributed by atoms with E-state index in [1.54, 1.807) is 17.6 Å². The van der Waals surface area contributed by atoms with Gasteiger partial charge < -0.3 is 10.3 Å². The normalized spacial score (nSPS) is 11.3. The molecule has 3 heterocycles. The average molecular weight is 389 g/mol. The maximum atomic E-state index is 13.2. The van der Waals surface area contributed by atoms with Gasteiger partial charge in [-0.05, 0) is 42.3 Å². The zero-order valence-corrected chi connectivity index (χ0v) is 15.6. The van der Waals surface area contributed by atoms with Crippen LogP contribution in [0.2, 0.25) is 0 Å². The van der Waals surface area contributed by atoms with E-state index in [2.05, 4.69) is 43.6 Å². The molecule has 0 amide bonds. The number of hydrogen-bond donors (Lipinski definition) is 2. The minimum atomic E-state index is -0.278. The van der Waals surface area contributed by atoms with Crippen LogP contribution in [-0.2, 0) is 6.42 Å². The number of hydrogen-bond acceptors (Lipinski definition) is 5. The van der Waals surface area contributed by atoms with Gasteiger partial charge in [0, 0.05) is 29.2 Å². The van der Waals surface area contributed by atoms with Gasteiger partial charge in [0.2, 0.25) is 0 Å². The number of anilines is 1. The Hall–Kier alpha value is -3.32. The first-order chi connectivity index (χ1) is 13.8. The van der Waals surface area contributed by atoms with Crippen molar-refractivity contribution < 1.29 is 4.39 Å². The summed E-state index contributed by atoms with van der Waals surface area (Å²) >= 11 is 1.47. The fourth-order valence-electron chi connectivity index (χ4n) is 3.27. The van der Waals surface area contributed by atoms with Crippen molar-refractivity contribution in [2.45, 2.75) is 6.42 Å². The smallest absolute Gasteiger partial charge is 0.163 e. The number of H-pyrrole nitrogens is 1. The molecule has 0 aliphatic heterocycles. The lowest BCUT2D eigenvalue weighted by Crippen LogP contribution is -2.08. The van der Waals surface area contributed by atoms with Crippen molar-refractivity contribution in [3.05, 3.63) is 71.6 Å². The van der Waals surface area contributed by atoms with Gasteiger partial charge in [-0.15, -0.1) is 11.3 Å². The Kier molecular flexibility index (Phi) is 4.21. The molecule has 5 nitrogen and oxygen atoms in total. The quantitative estimate of drug-likeness (QED) is 0.442. The average Bonchev–Trinajstić information content (AvgIpc) is 3.36. The van der Waals surface area contributed by atoms with Gasteiger partial charge in [-0.3, -0.25) is 0 Å². The number of aromatic nitrogens is 4. The highest BCUT2D eigenvalue weighted by Gasteiger charge is 2.12. The molecular formula is C21H16FN5S. The number of thiazole rings is 1. The van der Waals surface area contributed by atoms with Crippen LogP contribution in [0.3, 0.4) is 0 Å². The molecule has 5 aromatic rings. The summed E-state index contributed by atoms with van der Waals surface area (Å²) in [5.41, 5.74) is 5.69. The maximum Gasteiger partial charge on any atom is 0.163 e. The number of rotatable bonds is 5. The summed E-state index contributed by atoms with van der Waals surface area (Å²) in [6.07, 6.45) is 2.90. The zero-order chi connectivity index (χ0) is 18.9. The first-order valence-electron chi connectivity index (χ1n) is 8.94. The fraction of sp³-hybridized carbons (Fsp3) is 0.0952. The lowest BCUT2D eigenvalue weighted by Gasteiger charge is -2.08. The number of aromatic amines is 1. The van der Waals surface area contributed by atoms with Crippen molar-refractivity contribution in [3.8, 4) is 11.4 Å². The predicted octanol–water partition coefficient (Wildman–Crippen LogP) is 5.03. The minimum absolute atomic E-state index is 0.278. The molecule has 0 unspecified atom stereocenters. The number of benzene rings is 2. The summed E-state index contributed by atoms with van der Waals surface area (Å²) in [6.45, 7) is 0.717. The van der Waals surface area contributed by atoms with Gasteiger partial charge in [-0.1, -0.05) is 18.2 Å². The van der Waals surface area contributed by atoms with Crippen LogP contribution in [-0.4, -0.2) is 26.5 Å². The van der Waals surface area contributed by atoms with E-state index in [1.165, 1.54) is 34.4 Å². The molecule has 2 N–H and O–H groups in total. The van der Waals surface area contributed by atoms with Crippen LogP contribution in [0.4, 0.5) is 10.2 Å². The van der Waals surface area contributed by atoms with Crippen molar-refractivity contribution in [1.82, 2.24) is 19.9 Å². The summed E-state index contributed by atoms with van der Waals surface area (Å²) in [5, 5.41) is 4.64. The van der Waals surface area contributed by atoms with Crippen LogP contribution >= 0.6 is 11.3 Å². The number of fused-ring (bicyclic) bond motifs is 2. The Labute approximate surface area is 164 Å². The first kappa shape index (κ1) is 16.8. The Bertz CT molecular complexity index is 1260. The molecule has 0 aliphatic rings. The number of para-hydroxylation sites is 1. The Balaban J connectivity index is 1.42. The lowest BCUT2D eigenvalue weighted by atomic mass is 10.1. The molecular weight excluding hydrogens is 373 g/mol. The molecule has 0 fully saturated rings. The van der Waals surface area contributed by atoms with Crippen molar-refractivity contribution in [2.75, 3.05) is 11.9 Å². The van der Waals surface area contributed by atoms with Crippen LogP contribution in [0.1, 0.15) is 5.56 Å². The van der Waals surface area contributed by atoms with Crippen molar-refractivity contribution in [3.63, 3.8) is 0 Å². The van der Waals surface area contributed by atoms with Crippen LogP contribution < -0.4 is 5.32 Å². The van der Waals surface area contributed by atoms with E-state index < -0.39 is 0 Å². The summed E-state index contributed by atoms with van der Waals surface area (Å²) in [4.78, 5) is 17.7. The minimum Gasteiger partial charge on any atom is -0.368 e. The van der Waals surface area contributed by atoms with Crippen LogP contribution in [0, 0.1) is 5.82 Å². The highest BCUT2D eigenvalue weighted by Crippen LogP contribution is 2.27. The van der Waals surface area contributed by atoms with Gasteiger partial charge in [-0.2, -0.15) is 0 Å².